The number of hydrogen-bond donors (Lipinski definition) is 0. The van der Waals surface area contributed by atoms with Crippen LogP contribution in [0.25, 0.3) is 5.65 Å². The van der Waals surface area contributed by atoms with Crippen molar-refractivity contribution < 1.29 is 4.79 Å². The molecule has 1 aliphatic heterocycles. The predicted octanol–water partition coefficient (Wildman–Crippen LogP) is 2.84. The molecule has 3 aromatic rings. The maximum absolute atomic E-state index is 12.9. The van der Waals surface area contributed by atoms with Gasteiger partial charge in [0.25, 0.3) is 5.91 Å². The number of benzene rings is 1. The van der Waals surface area contributed by atoms with Crippen LogP contribution in [-0.4, -0.2) is 26.7 Å². The number of rotatable bonds is 1. The second kappa shape index (κ2) is 4.98. The molecule has 0 saturated heterocycles. The summed E-state index contributed by atoms with van der Waals surface area (Å²) in [5, 5.41) is 0. The molecular weight excluding hydrogens is 274 g/mol. The van der Waals surface area contributed by atoms with Crippen molar-refractivity contribution in [2.75, 3.05) is 6.54 Å². The molecule has 0 unspecified atom stereocenters. The molecule has 4 heteroatoms. The standard InChI is InChI=1S/C18H17N3O/c1-13-11-20-9-4-7-16(17(20)19-13)18(22)21-10-8-14-5-2-3-6-15(14)12-21/h2-7,9,11H,8,10,12H2,1H3. The van der Waals surface area contributed by atoms with Gasteiger partial charge >= 0.3 is 0 Å². The summed E-state index contributed by atoms with van der Waals surface area (Å²) in [5.41, 5.74) is 4.93. The van der Waals surface area contributed by atoms with Gasteiger partial charge in [0.2, 0.25) is 0 Å². The van der Waals surface area contributed by atoms with E-state index < -0.39 is 0 Å². The molecule has 1 aliphatic rings. The van der Waals surface area contributed by atoms with Crippen LogP contribution in [0.1, 0.15) is 27.2 Å². The number of carbonyl (C=O) groups is 1. The lowest BCUT2D eigenvalue weighted by atomic mass is 9.99. The highest BCUT2D eigenvalue weighted by molar-refractivity contribution is 5.99. The monoisotopic (exact) mass is 291 g/mol. The fourth-order valence-corrected chi connectivity index (χ4v) is 3.14. The van der Waals surface area contributed by atoms with E-state index in [4.69, 9.17) is 0 Å². The molecular formula is C18H17N3O. The third-order valence-electron chi connectivity index (χ3n) is 4.25. The van der Waals surface area contributed by atoms with Gasteiger partial charge in [-0.1, -0.05) is 24.3 Å². The Bertz CT molecular complexity index is 866. The minimum atomic E-state index is 0.0608. The lowest BCUT2D eigenvalue weighted by Crippen LogP contribution is -2.36. The van der Waals surface area contributed by atoms with Crippen molar-refractivity contribution in [1.29, 1.82) is 0 Å². The number of hydrogen-bond acceptors (Lipinski definition) is 2. The third-order valence-corrected chi connectivity index (χ3v) is 4.25. The van der Waals surface area contributed by atoms with Gasteiger partial charge in [0, 0.05) is 25.5 Å². The van der Waals surface area contributed by atoms with Crippen LogP contribution in [0.3, 0.4) is 0 Å². The highest BCUT2D eigenvalue weighted by Gasteiger charge is 2.23. The summed E-state index contributed by atoms with van der Waals surface area (Å²) in [7, 11) is 0. The quantitative estimate of drug-likeness (QED) is 0.691. The smallest absolute Gasteiger partial charge is 0.257 e. The van der Waals surface area contributed by atoms with Crippen LogP contribution in [0.5, 0.6) is 0 Å². The number of imidazole rings is 1. The van der Waals surface area contributed by atoms with E-state index in [0.717, 1.165) is 24.3 Å². The normalized spacial score (nSPS) is 14.1. The van der Waals surface area contributed by atoms with Gasteiger partial charge in [0.1, 0.15) is 5.65 Å². The maximum Gasteiger partial charge on any atom is 0.257 e. The van der Waals surface area contributed by atoms with Crippen molar-refractivity contribution in [1.82, 2.24) is 14.3 Å². The van der Waals surface area contributed by atoms with E-state index in [0.29, 0.717) is 12.1 Å². The number of aryl methyl sites for hydroxylation is 1. The molecule has 0 N–H and O–H groups in total. The molecule has 22 heavy (non-hydrogen) atoms. The molecule has 110 valence electrons. The first kappa shape index (κ1) is 13.1. The summed E-state index contributed by atoms with van der Waals surface area (Å²) < 4.78 is 1.92. The van der Waals surface area contributed by atoms with E-state index in [9.17, 15) is 4.79 Å². The Labute approximate surface area is 129 Å². The van der Waals surface area contributed by atoms with Crippen molar-refractivity contribution in [3.63, 3.8) is 0 Å². The topological polar surface area (TPSA) is 37.6 Å². The molecule has 0 saturated carbocycles. The Hall–Kier alpha value is -2.62. The maximum atomic E-state index is 12.9. The van der Waals surface area contributed by atoms with E-state index in [1.54, 1.807) is 0 Å². The number of pyridine rings is 1. The van der Waals surface area contributed by atoms with Crippen LogP contribution >= 0.6 is 0 Å². The summed E-state index contributed by atoms with van der Waals surface area (Å²) >= 11 is 0. The molecule has 0 radical (unpaired) electrons. The van der Waals surface area contributed by atoms with E-state index in [1.165, 1.54) is 11.1 Å². The van der Waals surface area contributed by atoms with Gasteiger partial charge in [-0.2, -0.15) is 0 Å². The zero-order chi connectivity index (χ0) is 15.1. The zero-order valence-corrected chi connectivity index (χ0v) is 12.5. The zero-order valence-electron chi connectivity index (χ0n) is 12.5. The highest BCUT2D eigenvalue weighted by Crippen LogP contribution is 2.21. The first-order valence-electron chi connectivity index (χ1n) is 7.53. The summed E-state index contributed by atoms with van der Waals surface area (Å²) in [4.78, 5) is 19.3. The summed E-state index contributed by atoms with van der Waals surface area (Å²) in [6.07, 6.45) is 4.79. The van der Waals surface area contributed by atoms with Crippen molar-refractivity contribution in [3.05, 3.63) is 71.2 Å². The molecule has 4 nitrogen and oxygen atoms in total. The van der Waals surface area contributed by atoms with Gasteiger partial charge in [0.05, 0.1) is 11.3 Å². The van der Waals surface area contributed by atoms with E-state index in [-0.39, 0.29) is 5.91 Å². The number of fused-ring (bicyclic) bond motifs is 2. The van der Waals surface area contributed by atoms with E-state index in [2.05, 4.69) is 23.2 Å². The SMILES string of the molecule is Cc1cn2cccc(C(=O)N3CCc4ccccc4C3)c2n1. The first-order chi connectivity index (χ1) is 10.7. The molecule has 3 heterocycles. The lowest BCUT2D eigenvalue weighted by molar-refractivity contribution is 0.0736. The van der Waals surface area contributed by atoms with Crippen LogP contribution in [-0.2, 0) is 13.0 Å². The fraction of sp³-hybridized carbons (Fsp3) is 0.222. The molecule has 0 bridgehead atoms. The second-order valence-corrected chi connectivity index (χ2v) is 5.78. The van der Waals surface area contributed by atoms with Crippen molar-refractivity contribution in [2.24, 2.45) is 0 Å². The molecule has 0 aliphatic carbocycles. The number of nitrogens with zero attached hydrogens (tertiary/aromatic N) is 3. The minimum Gasteiger partial charge on any atom is -0.334 e. The Kier molecular flexibility index (Phi) is 2.96. The average Bonchev–Trinajstić information content (AvgIpc) is 2.93. The minimum absolute atomic E-state index is 0.0608. The van der Waals surface area contributed by atoms with Gasteiger partial charge < -0.3 is 9.30 Å². The molecule has 1 aromatic carbocycles. The van der Waals surface area contributed by atoms with Gasteiger partial charge in [-0.15, -0.1) is 0 Å². The molecule has 1 amide bonds. The molecule has 4 rings (SSSR count). The van der Waals surface area contributed by atoms with Gasteiger partial charge in [-0.3, -0.25) is 4.79 Å². The van der Waals surface area contributed by atoms with Crippen LogP contribution in [0, 0.1) is 6.92 Å². The summed E-state index contributed by atoms with van der Waals surface area (Å²) in [6.45, 7) is 3.38. The largest absolute Gasteiger partial charge is 0.334 e. The van der Waals surface area contributed by atoms with Crippen molar-refractivity contribution in [2.45, 2.75) is 19.9 Å². The third kappa shape index (κ3) is 2.08. The number of amides is 1. The van der Waals surface area contributed by atoms with Crippen LogP contribution in [0.15, 0.2) is 48.8 Å². The molecule has 0 spiro atoms. The van der Waals surface area contributed by atoms with Gasteiger partial charge in [-0.05, 0) is 36.6 Å². The Balaban J connectivity index is 1.70. The Morgan fingerprint density at radius 2 is 1.95 bits per heavy atom. The number of aromatic nitrogens is 2. The van der Waals surface area contributed by atoms with Crippen molar-refractivity contribution >= 4 is 11.6 Å². The average molecular weight is 291 g/mol. The second-order valence-electron chi connectivity index (χ2n) is 5.78. The van der Waals surface area contributed by atoms with Crippen molar-refractivity contribution in [3.8, 4) is 0 Å². The number of carbonyl (C=O) groups excluding carboxylic acids is 1. The highest BCUT2D eigenvalue weighted by atomic mass is 16.2. The lowest BCUT2D eigenvalue weighted by Gasteiger charge is -2.29. The fourth-order valence-electron chi connectivity index (χ4n) is 3.14. The Morgan fingerprint density at radius 1 is 1.14 bits per heavy atom. The molecule has 2 aromatic heterocycles. The summed E-state index contributed by atoms with van der Waals surface area (Å²) in [5.74, 6) is 0.0608. The van der Waals surface area contributed by atoms with Crippen LogP contribution in [0.4, 0.5) is 0 Å². The van der Waals surface area contributed by atoms with Crippen LogP contribution < -0.4 is 0 Å². The van der Waals surface area contributed by atoms with Gasteiger partial charge in [0.15, 0.2) is 0 Å². The van der Waals surface area contributed by atoms with E-state index >= 15 is 0 Å². The summed E-state index contributed by atoms with van der Waals surface area (Å²) in [6, 6.07) is 12.1. The Morgan fingerprint density at radius 3 is 2.82 bits per heavy atom. The molecule has 0 atom stereocenters. The first-order valence-corrected chi connectivity index (χ1v) is 7.53. The van der Waals surface area contributed by atoms with Gasteiger partial charge in [-0.25, -0.2) is 4.98 Å². The van der Waals surface area contributed by atoms with Crippen LogP contribution in [0.2, 0.25) is 0 Å². The molecule has 0 fully saturated rings. The van der Waals surface area contributed by atoms with E-state index in [1.807, 2.05) is 46.8 Å². The predicted molar refractivity (Wildman–Crippen MR) is 84.8 cm³/mol.